The van der Waals surface area contributed by atoms with Crippen molar-refractivity contribution in [2.45, 2.75) is 37.7 Å². The molecule has 1 aliphatic carbocycles. The molecule has 0 aromatic heterocycles. The van der Waals surface area contributed by atoms with E-state index >= 15 is 0 Å². The quantitative estimate of drug-likeness (QED) is 0.678. The number of rotatable bonds is 0. The molecule has 1 spiro atoms. The predicted molar refractivity (Wildman–Crippen MR) is 56.7 cm³/mol. The van der Waals surface area contributed by atoms with Gasteiger partial charge in [-0.3, -0.25) is 5.41 Å². The van der Waals surface area contributed by atoms with E-state index in [9.17, 15) is 0 Å². The van der Waals surface area contributed by atoms with Gasteiger partial charge in [0.15, 0.2) is 0 Å². The van der Waals surface area contributed by atoms with Gasteiger partial charge in [0.25, 0.3) is 0 Å². The van der Waals surface area contributed by atoms with Crippen molar-refractivity contribution in [1.29, 1.82) is 5.41 Å². The zero-order valence-electron chi connectivity index (χ0n) is 6.90. The van der Waals surface area contributed by atoms with Crippen molar-refractivity contribution in [3.63, 3.8) is 0 Å². The molecule has 0 atom stereocenters. The van der Waals surface area contributed by atoms with E-state index in [1.54, 1.807) is 0 Å². The maximum absolute atomic E-state index is 7.44. The first kappa shape index (κ1) is 8.53. The molecule has 1 fully saturated rings. The molecule has 0 amide bonds. The van der Waals surface area contributed by atoms with Crippen molar-refractivity contribution < 1.29 is 4.74 Å². The van der Waals surface area contributed by atoms with Gasteiger partial charge in [-0.1, -0.05) is 6.42 Å². The molecule has 2 rings (SSSR count). The Labute approximate surface area is 86.0 Å². The molecule has 2 nitrogen and oxygen atoms in total. The van der Waals surface area contributed by atoms with Crippen molar-refractivity contribution in [3.8, 4) is 0 Å². The normalized spacial score (nSPS) is 27.1. The van der Waals surface area contributed by atoms with E-state index in [-0.39, 0.29) is 5.60 Å². The lowest BCUT2D eigenvalue weighted by atomic mass is 9.85. The number of hydrogen-bond acceptors (Lipinski definition) is 2. The highest BCUT2D eigenvalue weighted by Gasteiger charge is 2.41. The van der Waals surface area contributed by atoms with Gasteiger partial charge in [-0.15, -0.1) is 0 Å². The van der Waals surface area contributed by atoms with E-state index in [1.807, 2.05) is 6.08 Å². The van der Waals surface area contributed by atoms with Gasteiger partial charge in [-0.2, -0.15) is 0 Å². The third-order valence-electron chi connectivity index (χ3n) is 2.66. The molecule has 2 aliphatic rings. The number of nitrogens with one attached hydrogen (secondary N) is 1. The van der Waals surface area contributed by atoms with Gasteiger partial charge in [-0.25, -0.2) is 0 Å². The Hall–Kier alpha value is -0.0600. The minimum atomic E-state index is -0.0735. The zero-order chi connectivity index (χ0) is 8.60. The summed E-state index contributed by atoms with van der Waals surface area (Å²) in [5, 5.41) is 7.44. The fourth-order valence-electron chi connectivity index (χ4n) is 2.00. The summed E-state index contributed by atoms with van der Waals surface area (Å²) in [6.07, 6.45) is 7.86. The van der Waals surface area contributed by atoms with Crippen LogP contribution in [0, 0.1) is 5.41 Å². The van der Waals surface area contributed by atoms with Crippen LogP contribution in [-0.2, 0) is 4.74 Å². The minimum absolute atomic E-state index is 0.0735. The molecule has 66 valence electrons. The van der Waals surface area contributed by atoms with Crippen molar-refractivity contribution in [3.05, 3.63) is 9.66 Å². The van der Waals surface area contributed by atoms with Crippen molar-refractivity contribution >= 4 is 28.5 Å². The van der Waals surface area contributed by atoms with Gasteiger partial charge < -0.3 is 4.74 Å². The monoisotopic (exact) mass is 277 g/mol. The minimum Gasteiger partial charge on any atom is -0.466 e. The van der Waals surface area contributed by atoms with Crippen LogP contribution in [0.1, 0.15) is 32.1 Å². The van der Waals surface area contributed by atoms with E-state index in [4.69, 9.17) is 10.1 Å². The number of ether oxygens (including phenoxy) is 1. The second-order valence-corrected chi connectivity index (χ2v) is 4.68. The van der Waals surface area contributed by atoms with Crippen LogP contribution < -0.4 is 0 Å². The first-order chi connectivity index (χ1) is 5.73. The Morgan fingerprint density at radius 1 is 1.33 bits per heavy atom. The van der Waals surface area contributed by atoms with Gasteiger partial charge in [0.1, 0.15) is 5.60 Å². The SMILES string of the molecule is N=C1C=C(I)C2(CCCCC2)O1. The van der Waals surface area contributed by atoms with E-state index < -0.39 is 0 Å². The fraction of sp³-hybridized carbons (Fsp3) is 0.667. The van der Waals surface area contributed by atoms with Gasteiger partial charge >= 0.3 is 0 Å². The molecule has 0 aromatic rings. The van der Waals surface area contributed by atoms with Crippen LogP contribution in [0.5, 0.6) is 0 Å². The van der Waals surface area contributed by atoms with Crippen molar-refractivity contribution in [2.24, 2.45) is 0 Å². The predicted octanol–water partition coefficient (Wildman–Crippen LogP) is 3.02. The Morgan fingerprint density at radius 2 is 2.00 bits per heavy atom. The fourth-order valence-corrected chi connectivity index (χ4v) is 2.93. The summed E-state index contributed by atoms with van der Waals surface area (Å²) in [5.41, 5.74) is -0.0735. The summed E-state index contributed by atoms with van der Waals surface area (Å²) in [5.74, 6) is 0.348. The molecular formula is C9H12INO. The second-order valence-electron chi connectivity index (χ2n) is 3.51. The summed E-state index contributed by atoms with van der Waals surface area (Å²) >= 11 is 2.31. The number of halogens is 1. The smallest absolute Gasteiger partial charge is 0.207 e. The van der Waals surface area contributed by atoms with Gasteiger partial charge in [0.2, 0.25) is 5.90 Å². The molecule has 1 N–H and O–H groups in total. The summed E-state index contributed by atoms with van der Waals surface area (Å²) in [7, 11) is 0. The van der Waals surface area contributed by atoms with Gasteiger partial charge in [-0.05, 0) is 48.3 Å². The largest absolute Gasteiger partial charge is 0.466 e. The lowest BCUT2D eigenvalue weighted by Crippen LogP contribution is -2.32. The first-order valence-electron chi connectivity index (χ1n) is 4.38. The summed E-state index contributed by atoms with van der Waals surface area (Å²) in [6.45, 7) is 0. The van der Waals surface area contributed by atoms with E-state index in [2.05, 4.69) is 22.6 Å². The maximum Gasteiger partial charge on any atom is 0.207 e. The highest BCUT2D eigenvalue weighted by Crippen LogP contribution is 2.43. The molecule has 0 bridgehead atoms. The van der Waals surface area contributed by atoms with Crippen LogP contribution in [0.25, 0.3) is 0 Å². The van der Waals surface area contributed by atoms with E-state index in [1.165, 1.54) is 22.8 Å². The van der Waals surface area contributed by atoms with Crippen LogP contribution in [-0.4, -0.2) is 11.5 Å². The maximum atomic E-state index is 7.44. The lowest BCUT2D eigenvalue weighted by Gasteiger charge is -2.33. The Kier molecular flexibility index (Phi) is 2.14. The molecule has 0 saturated heterocycles. The van der Waals surface area contributed by atoms with E-state index in [0.717, 1.165) is 12.8 Å². The van der Waals surface area contributed by atoms with E-state index in [0.29, 0.717) is 5.90 Å². The third-order valence-corrected chi connectivity index (χ3v) is 3.95. The molecular weight excluding hydrogens is 265 g/mol. The third kappa shape index (κ3) is 1.28. The molecule has 1 saturated carbocycles. The highest BCUT2D eigenvalue weighted by molar-refractivity contribution is 14.1. The highest BCUT2D eigenvalue weighted by atomic mass is 127. The Morgan fingerprint density at radius 3 is 2.50 bits per heavy atom. The Balaban J connectivity index is 2.21. The zero-order valence-corrected chi connectivity index (χ0v) is 9.06. The van der Waals surface area contributed by atoms with Crippen molar-refractivity contribution in [1.82, 2.24) is 0 Å². The Bertz CT molecular complexity index is 241. The van der Waals surface area contributed by atoms with Crippen LogP contribution in [0.2, 0.25) is 0 Å². The second kappa shape index (κ2) is 3.01. The number of hydrogen-bond donors (Lipinski definition) is 1. The molecule has 0 unspecified atom stereocenters. The molecule has 0 aromatic carbocycles. The summed E-state index contributed by atoms with van der Waals surface area (Å²) in [4.78, 5) is 0. The summed E-state index contributed by atoms with van der Waals surface area (Å²) < 4.78 is 6.81. The molecule has 0 radical (unpaired) electrons. The lowest BCUT2D eigenvalue weighted by molar-refractivity contribution is 0.0737. The van der Waals surface area contributed by atoms with Crippen LogP contribution in [0.3, 0.4) is 0 Å². The molecule has 3 heteroatoms. The molecule has 12 heavy (non-hydrogen) atoms. The van der Waals surface area contributed by atoms with Crippen molar-refractivity contribution in [2.75, 3.05) is 0 Å². The standard InChI is InChI=1S/C9H12INO/c10-7-6-8(11)12-9(7)4-2-1-3-5-9/h6,11H,1-5H2. The topological polar surface area (TPSA) is 33.1 Å². The van der Waals surface area contributed by atoms with Crippen LogP contribution in [0.4, 0.5) is 0 Å². The first-order valence-corrected chi connectivity index (χ1v) is 5.46. The average Bonchev–Trinajstić information content (AvgIpc) is 2.29. The molecule has 1 aliphatic heterocycles. The average molecular weight is 277 g/mol. The molecule has 1 heterocycles. The summed E-state index contributed by atoms with van der Waals surface area (Å²) in [6, 6.07) is 0. The van der Waals surface area contributed by atoms with Crippen LogP contribution in [0.15, 0.2) is 9.66 Å². The van der Waals surface area contributed by atoms with Crippen LogP contribution >= 0.6 is 22.6 Å². The van der Waals surface area contributed by atoms with Gasteiger partial charge in [0, 0.05) is 9.66 Å². The van der Waals surface area contributed by atoms with Gasteiger partial charge in [0.05, 0.1) is 0 Å².